The highest BCUT2D eigenvalue weighted by atomic mass is 16.3. The number of rotatable bonds is 2. The summed E-state index contributed by atoms with van der Waals surface area (Å²) in [4.78, 5) is 22.3. The molecule has 2 atom stereocenters. The monoisotopic (exact) mass is 247 g/mol. The third-order valence-electron chi connectivity index (χ3n) is 3.27. The summed E-state index contributed by atoms with van der Waals surface area (Å²) in [5.74, 6) is 0.0884. The summed E-state index contributed by atoms with van der Waals surface area (Å²) < 4.78 is 1.81. The fraction of sp³-hybridized carbons (Fsp3) is 0.364. The average Bonchev–Trinajstić information content (AvgIpc) is 2.93. The molecule has 1 aliphatic carbocycles. The fourth-order valence-corrected chi connectivity index (χ4v) is 2.38. The van der Waals surface area contributed by atoms with E-state index in [4.69, 9.17) is 5.73 Å². The molecule has 3 rings (SSSR count). The average molecular weight is 247 g/mol. The molecule has 0 saturated carbocycles. The van der Waals surface area contributed by atoms with Crippen LogP contribution in [0.15, 0.2) is 23.3 Å². The van der Waals surface area contributed by atoms with E-state index in [0.717, 1.165) is 6.42 Å². The maximum atomic E-state index is 11.7. The van der Waals surface area contributed by atoms with Gasteiger partial charge in [-0.15, -0.1) is 0 Å². The lowest BCUT2D eigenvalue weighted by atomic mass is 10.1. The van der Waals surface area contributed by atoms with Crippen LogP contribution in [0.3, 0.4) is 0 Å². The van der Waals surface area contributed by atoms with Crippen LogP contribution in [0.25, 0.3) is 11.2 Å². The van der Waals surface area contributed by atoms with Crippen LogP contribution < -0.4 is 11.3 Å². The summed E-state index contributed by atoms with van der Waals surface area (Å²) in [5, 5.41) is 9.32. The maximum Gasteiger partial charge on any atom is 0.280 e. The smallest absolute Gasteiger partial charge is 0.280 e. The molecule has 94 valence electrons. The first-order valence-electron chi connectivity index (χ1n) is 5.70. The van der Waals surface area contributed by atoms with Crippen LogP contribution in [0.4, 0.5) is 5.95 Å². The fourth-order valence-electron chi connectivity index (χ4n) is 2.38. The van der Waals surface area contributed by atoms with E-state index in [2.05, 4.69) is 15.0 Å². The van der Waals surface area contributed by atoms with Gasteiger partial charge in [-0.2, -0.15) is 4.98 Å². The highest BCUT2D eigenvalue weighted by molar-refractivity contribution is 5.70. The standard InChI is InChI=1S/C11H13N5O2/c12-11-14-9-8(10(18)15-11)13-5-16(9)7-3-1-2-6(7)4-17/h1-2,5-7,17H,3-4H2,(H3,12,14,15,18)/t6-,7?/m0/s1. The first-order chi connectivity index (χ1) is 8.70. The van der Waals surface area contributed by atoms with Crippen molar-refractivity contribution in [2.24, 2.45) is 5.92 Å². The first kappa shape index (κ1) is 11.0. The highest BCUT2D eigenvalue weighted by Crippen LogP contribution is 2.31. The molecular formula is C11H13N5O2. The molecule has 0 bridgehead atoms. The summed E-state index contributed by atoms with van der Waals surface area (Å²) in [5.41, 5.74) is 5.93. The number of fused-ring (bicyclic) bond motifs is 1. The summed E-state index contributed by atoms with van der Waals surface area (Å²) >= 11 is 0. The van der Waals surface area contributed by atoms with Crippen LogP contribution in [0.5, 0.6) is 0 Å². The second-order valence-electron chi connectivity index (χ2n) is 4.35. The molecule has 7 nitrogen and oxygen atoms in total. The van der Waals surface area contributed by atoms with Crippen molar-refractivity contribution >= 4 is 17.1 Å². The number of aromatic amines is 1. The van der Waals surface area contributed by atoms with Gasteiger partial charge in [0.05, 0.1) is 12.9 Å². The van der Waals surface area contributed by atoms with Gasteiger partial charge in [0.25, 0.3) is 5.56 Å². The normalized spacial score (nSPS) is 22.9. The Hall–Kier alpha value is -2.15. The maximum absolute atomic E-state index is 11.7. The topological polar surface area (TPSA) is 110 Å². The second-order valence-corrected chi connectivity index (χ2v) is 4.35. The number of nitrogens with zero attached hydrogens (tertiary/aromatic N) is 3. The van der Waals surface area contributed by atoms with E-state index < -0.39 is 0 Å². The highest BCUT2D eigenvalue weighted by Gasteiger charge is 2.26. The minimum Gasteiger partial charge on any atom is -0.396 e. The van der Waals surface area contributed by atoms with Crippen LogP contribution in [-0.4, -0.2) is 31.2 Å². The Morgan fingerprint density at radius 3 is 3.22 bits per heavy atom. The van der Waals surface area contributed by atoms with Crippen molar-refractivity contribution in [3.63, 3.8) is 0 Å². The van der Waals surface area contributed by atoms with Crippen molar-refractivity contribution in [1.29, 1.82) is 0 Å². The van der Waals surface area contributed by atoms with E-state index in [1.165, 1.54) is 0 Å². The molecule has 0 aromatic carbocycles. The molecule has 2 aromatic heterocycles. The lowest BCUT2D eigenvalue weighted by Crippen LogP contribution is -2.18. The number of hydrogen-bond donors (Lipinski definition) is 3. The molecule has 0 aliphatic heterocycles. The molecule has 0 amide bonds. The molecular weight excluding hydrogens is 234 g/mol. The Balaban J connectivity index is 2.16. The molecule has 18 heavy (non-hydrogen) atoms. The van der Waals surface area contributed by atoms with Gasteiger partial charge in [-0.1, -0.05) is 12.2 Å². The Labute approximate surface area is 102 Å². The number of allylic oxidation sites excluding steroid dienone is 1. The molecule has 2 heterocycles. The number of hydrogen-bond acceptors (Lipinski definition) is 5. The van der Waals surface area contributed by atoms with Crippen molar-refractivity contribution in [3.8, 4) is 0 Å². The molecule has 0 spiro atoms. The van der Waals surface area contributed by atoms with Crippen LogP contribution in [-0.2, 0) is 0 Å². The van der Waals surface area contributed by atoms with Gasteiger partial charge in [0.2, 0.25) is 5.95 Å². The van der Waals surface area contributed by atoms with Crippen LogP contribution in [0.2, 0.25) is 0 Å². The quantitative estimate of drug-likeness (QED) is 0.637. The van der Waals surface area contributed by atoms with Crippen molar-refractivity contribution < 1.29 is 5.11 Å². The summed E-state index contributed by atoms with van der Waals surface area (Å²) in [6, 6.07) is 0.0358. The predicted molar refractivity (Wildman–Crippen MR) is 65.9 cm³/mol. The zero-order valence-corrected chi connectivity index (χ0v) is 9.58. The van der Waals surface area contributed by atoms with E-state index in [-0.39, 0.29) is 35.6 Å². The molecule has 0 saturated heterocycles. The van der Waals surface area contributed by atoms with Gasteiger partial charge in [-0.3, -0.25) is 9.78 Å². The molecule has 1 unspecified atom stereocenters. The van der Waals surface area contributed by atoms with Crippen molar-refractivity contribution in [1.82, 2.24) is 19.5 Å². The van der Waals surface area contributed by atoms with Crippen molar-refractivity contribution in [3.05, 3.63) is 28.8 Å². The zero-order chi connectivity index (χ0) is 12.7. The number of aliphatic hydroxyl groups excluding tert-OH is 1. The molecule has 1 aliphatic rings. The number of nitrogens with one attached hydrogen (secondary N) is 1. The van der Waals surface area contributed by atoms with E-state index in [0.29, 0.717) is 5.65 Å². The number of aromatic nitrogens is 4. The van der Waals surface area contributed by atoms with Gasteiger partial charge in [0, 0.05) is 12.0 Å². The Morgan fingerprint density at radius 2 is 2.44 bits per heavy atom. The number of nitrogen functional groups attached to an aromatic ring is 1. The summed E-state index contributed by atoms with van der Waals surface area (Å²) in [6.45, 7) is 0.0551. The van der Waals surface area contributed by atoms with Gasteiger partial charge < -0.3 is 15.4 Å². The van der Waals surface area contributed by atoms with Crippen LogP contribution in [0, 0.1) is 5.92 Å². The van der Waals surface area contributed by atoms with E-state index in [9.17, 15) is 9.90 Å². The third kappa shape index (κ3) is 1.52. The number of H-pyrrole nitrogens is 1. The van der Waals surface area contributed by atoms with E-state index in [1.54, 1.807) is 6.33 Å². The third-order valence-corrected chi connectivity index (χ3v) is 3.27. The van der Waals surface area contributed by atoms with Gasteiger partial charge >= 0.3 is 0 Å². The first-order valence-corrected chi connectivity index (χ1v) is 5.70. The number of nitrogens with two attached hydrogens (primary N) is 1. The van der Waals surface area contributed by atoms with E-state index >= 15 is 0 Å². The van der Waals surface area contributed by atoms with Gasteiger partial charge in [-0.25, -0.2) is 4.98 Å². The van der Waals surface area contributed by atoms with Crippen LogP contribution in [0.1, 0.15) is 12.5 Å². The predicted octanol–water partition coefficient (Wildman–Crippen LogP) is -0.189. The second kappa shape index (κ2) is 3.95. The molecule has 0 fully saturated rings. The van der Waals surface area contributed by atoms with Crippen molar-refractivity contribution in [2.75, 3.05) is 12.3 Å². The number of aliphatic hydroxyl groups is 1. The lowest BCUT2D eigenvalue weighted by molar-refractivity contribution is 0.218. The largest absolute Gasteiger partial charge is 0.396 e. The lowest BCUT2D eigenvalue weighted by Gasteiger charge is -2.19. The van der Waals surface area contributed by atoms with Gasteiger partial charge in [0.1, 0.15) is 0 Å². The molecule has 2 aromatic rings. The van der Waals surface area contributed by atoms with Crippen molar-refractivity contribution in [2.45, 2.75) is 12.5 Å². The minimum absolute atomic E-state index is 0.0183. The van der Waals surface area contributed by atoms with E-state index in [1.807, 2.05) is 16.7 Å². The Bertz CT molecular complexity index is 672. The van der Waals surface area contributed by atoms with Gasteiger partial charge in [-0.05, 0) is 6.42 Å². The Morgan fingerprint density at radius 1 is 1.61 bits per heavy atom. The molecule has 7 heteroatoms. The number of anilines is 1. The summed E-state index contributed by atoms with van der Waals surface area (Å²) in [6.07, 6.45) is 6.33. The summed E-state index contributed by atoms with van der Waals surface area (Å²) in [7, 11) is 0. The Kier molecular flexibility index (Phi) is 2.41. The number of imidazole rings is 1. The molecule has 0 radical (unpaired) electrons. The zero-order valence-electron chi connectivity index (χ0n) is 9.58. The van der Waals surface area contributed by atoms with Crippen LogP contribution >= 0.6 is 0 Å². The van der Waals surface area contributed by atoms with Gasteiger partial charge in [0.15, 0.2) is 11.2 Å². The SMILES string of the molecule is Nc1nc2c(ncn2C2CC=C[C@H]2CO)c(=O)[nH]1. The molecule has 4 N–H and O–H groups in total. The minimum atomic E-state index is -0.345.